The molecule has 2 aliphatic rings. The Bertz CT molecular complexity index is 229. The first-order valence-electron chi connectivity index (χ1n) is 5.02. The zero-order valence-corrected chi connectivity index (χ0v) is 7.81. The number of hydrogen-bond acceptors (Lipinski definition) is 2. The maximum atomic E-state index is 11.8. The second-order valence-electron chi connectivity index (χ2n) is 3.85. The van der Waals surface area contributed by atoms with Crippen molar-refractivity contribution in [2.24, 2.45) is 0 Å². The molecule has 0 aromatic rings. The predicted octanol–water partition coefficient (Wildman–Crippen LogP) is 0.575. The fraction of sp³-hybridized carbons (Fsp3) is 0.700. The van der Waals surface area contributed by atoms with E-state index >= 15 is 0 Å². The highest BCUT2D eigenvalue weighted by atomic mass is 16.2. The first-order valence-corrected chi connectivity index (χ1v) is 5.02. The van der Waals surface area contributed by atoms with Crippen LogP contribution in [0.4, 0.5) is 0 Å². The lowest BCUT2D eigenvalue weighted by molar-refractivity contribution is -0.128. The number of rotatable bonds is 0. The van der Waals surface area contributed by atoms with Crippen LogP contribution in [0, 0.1) is 0 Å². The van der Waals surface area contributed by atoms with Crippen LogP contribution in [0.25, 0.3) is 0 Å². The normalized spacial score (nSPS) is 34.3. The molecule has 0 radical (unpaired) electrons. The molecule has 13 heavy (non-hydrogen) atoms. The van der Waals surface area contributed by atoms with E-state index in [0.29, 0.717) is 6.54 Å². The van der Waals surface area contributed by atoms with E-state index in [0.717, 1.165) is 25.8 Å². The molecule has 0 aromatic carbocycles. The van der Waals surface area contributed by atoms with Crippen molar-refractivity contribution in [3.05, 3.63) is 12.2 Å². The van der Waals surface area contributed by atoms with Crippen molar-refractivity contribution in [3.63, 3.8) is 0 Å². The molecule has 2 aliphatic heterocycles. The molecule has 0 aliphatic carbocycles. The van der Waals surface area contributed by atoms with E-state index in [4.69, 9.17) is 0 Å². The van der Waals surface area contributed by atoms with Crippen LogP contribution in [-0.4, -0.2) is 24.5 Å². The van der Waals surface area contributed by atoms with E-state index in [9.17, 15) is 4.79 Å². The molecule has 0 saturated carbocycles. The van der Waals surface area contributed by atoms with Crippen molar-refractivity contribution in [3.8, 4) is 0 Å². The molecular weight excluding hydrogens is 164 g/mol. The Labute approximate surface area is 78.6 Å². The summed E-state index contributed by atoms with van der Waals surface area (Å²) in [4.78, 5) is 11.8. The summed E-state index contributed by atoms with van der Waals surface area (Å²) in [5.74, 6) is 0.178. The van der Waals surface area contributed by atoms with Crippen LogP contribution in [0.5, 0.6) is 0 Å². The Kier molecular flexibility index (Phi) is 2.36. The zero-order chi connectivity index (χ0) is 9.15. The second kappa shape index (κ2) is 3.50. The van der Waals surface area contributed by atoms with Gasteiger partial charge >= 0.3 is 0 Å². The average Bonchev–Trinajstić information content (AvgIpc) is 2.33. The Hall–Kier alpha value is -0.830. The van der Waals surface area contributed by atoms with Crippen molar-refractivity contribution in [1.29, 1.82) is 0 Å². The van der Waals surface area contributed by atoms with Gasteiger partial charge in [-0.3, -0.25) is 4.79 Å². The highest BCUT2D eigenvalue weighted by molar-refractivity contribution is 5.87. The Balaban J connectivity index is 2.15. The molecule has 1 atom stereocenters. The van der Waals surface area contributed by atoms with Crippen molar-refractivity contribution in [1.82, 2.24) is 10.6 Å². The summed E-state index contributed by atoms with van der Waals surface area (Å²) in [6, 6.07) is 0. The van der Waals surface area contributed by atoms with E-state index in [1.807, 2.05) is 6.08 Å². The molecule has 0 bridgehead atoms. The molecule has 1 saturated heterocycles. The summed E-state index contributed by atoms with van der Waals surface area (Å²) < 4.78 is 0. The lowest BCUT2D eigenvalue weighted by Crippen LogP contribution is -2.58. The Morgan fingerprint density at radius 1 is 1.31 bits per heavy atom. The topological polar surface area (TPSA) is 41.1 Å². The minimum Gasteiger partial charge on any atom is -0.351 e. The zero-order valence-electron chi connectivity index (χ0n) is 7.81. The molecule has 2 heterocycles. The van der Waals surface area contributed by atoms with Crippen LogP contribution in [-0.2, 0) is 4.79 Å². The maximum absolute atomic E-state index is 11.8. The monoisotopic (exact) mass is 180 g/mol. The summed E-state index contributed by atoms with van der Waals surface area (Å²) in [6.07, 6.45) is 8.31. The fourth-order valence-corrected chi connectivity index (χ4v) is 2.12. The van der Waals surface area contributed by atoms with Crippen LogP contribution in [0.15, 0.2) is 12.2 Å². The lowest BCUT2D eigenvalue weighted by Gasteiger charge is -2.35. The van der Waals surface area contributed by atoms with E-state index < -0.39 is 0 Å². The van der Waals surface area contributed by atoms with Gasteiger partial charge in [0.25, 0.3) is 0 Å². The van der Waals surface area contributed by atoms with Gasteiger partial charge in [-0.15, -0.1) is 0 Å². The first kappa shape index (κ1) is 8.75. The van der Waals surface area contributed by atoms with Crippen molar-refractivity contribution >= 4 is 5.91 Å². The van der Waals surface area contributed by atoms with Crippen LogP contribution in [0.2, 0.25) is 0 Å². The van der Waals surface area contributed by atoms with Crippen LogP contribution >= 0.6 is 0 Å². The molecular formula is C10H16N2O. The minimum absolute atomic E-state index is 0.178. The number of piperidine rings is 1. The molecule has 0 aromatic heterocycles. The summed E-state index contributed by atoms with van der Waals surface area (Å²) in [6.45, 7) is 1.66. The third-order valence-electron chi connectivity index (χ3n) is 2.94. The smallest absolute Gasteiger partial charge is 0.240 e. The van der Waals surface area contributed by atoms with Gasteiger partial charge in [-0.25, -0.2) is 0 Å². The summed E-state index contributed by atoms with van der Waals surface area (Å²) in [7, 11) is 0. The molecule has 3 heteroatoms. The van der Waals surface area contributed by atoms with Crippen molar-refractivity contribution < 1.29 is 4.79 Å². The Morgan fingerprint density at radius 3 is 3.00 bits per heavy atom. The van der Waals surface area contributed by atoms with Gasteiger partial charge in [-0.05, 0) is 32.2 Å². The van der Waals surface area contributed by atoms with E-state index in [1.165, 1.54) is 6.42 Å². The number of carbonyl (C=O) groups excluding carboxylic acids is 1. The largest absolute Gasteiger partial charge is 0.351 e. The van der Waals surface area contributed by atoms with E-state index in [-0.39, 0.29) is 11.4 Å². The van der Waals surface area contributed by atoms with E-state index in [2.05, 4.69) is 16.7 Å². The minimum atomic E-state index is -0.286. The van der Waals surface area contributed by atoms with Gasteiger partial charge in [0, 0.05) is 6.54 Å². The lowest BCUT2D eigenvalue weighted by atomic mass is 9.85. The van der Waals surface area contributed by atoms with Gasteiger partial charge in [-0.1, -0.05) is 12.2 Å². The van der Waals surface area contributed by atoms with Crippen LogP contribution in [0.3, 0.4) is 0 Å². The third kappa shape index (κ3) is 1.61. The van der Waals surface area contributed by atoms with Crippen LogP contribution < -0.4 is 10.6 Å². The number of hydrogen-bond donors (Lipinski definition) is 2. The molecule has 3 nitrogen and oxygen atoms in total. The standard InChI is InChI=1S/C10H16N2O/c13-9-10(5-1-3-7-11-9)6-2-4-8-12-10/h1,3,12H,2,4-8H2,(H,11,13). The third-order valence-corrected chi connectivity index (χ3v) is 2.94. The van der Waals surface area contributed by atoms with Gasteiger partial charge < -0.3 is 10.6 Å². The predicted molar refractivity (Wildman–Crippen MR) is 51.4 cm³/mol. The number of amides is 1. The average molecular weight is 180 g/mol. The van der Waals surface area contributed by atoms with Crippen LogP contribution in [0.1, 0.15) is 25.7 Å². The fourth-order valence-electron chi connectivity index (χ4n) is 2.12. The summed E-state index contributed by atoms with van der Waals surface area (Å²) >= 11 is 0. The van der Waals surface area contributed by atoms with E-state index in [1.54, 1.807) is 0 Å². The maximum Gasteiger partial charge on any atom is 0.240 e. The molecule has 72 valence electrons. The second-order valence-corrected chi connectivity index (χ2v) is 3.85. The first-order chi connectivity index (χ1) is 6.33. The van der Waals surface area contributed by atoms with Gasteiger partial charge in [-0.2, -0.15) is 0 Å². The molecule has 1 spiro atoms. The molecule has 2 N–H and O–H groups in total. The van der Waals surface area contributed by atoms with Gasteiger partial charge in [0.2, 0.25) is 5.91 Å². The van der Waals surface area contributed by atoms with Gasteiger partial charge in [0.05, 0.1) is 0 Å². The molecule has 2 rings (SSSR count). The quantitative estimate of drug-likeness (QED) is 0.535. The summed E-state index contributed by atoms with van der Waals surface area (Å²) in [5, 5.41) is 6.28. The van der Waals surface area contributed by atoms with Gasteiger partial charge in [0.15, 0.2) is 0 Å². The number of carbonyl (C=O) groups is 1. The molecule has 1 unspecified atom stereocenters. The number of nitrogens with one attached hydrogen (secondary N) is 2. The highest BCUT2D eigenvalue weighted by Gasteiger charge is 2.38. The van der Waals surface area contributed by atoms with Gasteiger partial charge in [0.1, 0.15) is 5.54 Å². The van der Waals surface area contributed by atoms with Crippen molar-refractivity contribution in [2.75, 3.05) is 13.1 Å². The molecule has 1 fully saturated rings. The SMILES string of the molecule is O=C1NCC=CCC12CCCCN2. The highest BCUT2D eigenvalue weighted by Crippen LogP contribution is 2.24. The van der Waals surface area contributed by atoms with Crippen molar-refractivity contribution in [2.45, 2.75) is 31.2 Å². The molecule has 1 amide bonds. The summed E-state index contributed by atoms with van der Waals surface area (Å²) in [5.41, 5.74) is -0.286. The Morgan fingerprint density at radius 2 is 2.23 bits per heavy atom.